The third kappa shape index (κ3) is 3.35. The van der Waals surface area contributed by atoms with Crippen LogP contribution in [0, 0.1) is 0 Å². The first-order valence-electron chi connectivity index (χ1n) is 5.41. The Morgan fingerprint density at radius 3 is 2.93 bits per heavy atom. The quantitative estimate of drug-likeness (QED) is 0.659. The second-order valence-corrected chi connectivity index (χ2v) is 4.39. The maximum atomic E-state index is 11.8. The summed E-state index contributed by atoms with van der Waals surface area (Å²) in [4.78, 5) is 13.6. The van der Waals surface area contributed by atoms with Gasteiger partial charge in [0, 0.05) is 13.1 Å². The van der Waals surface area contributed by atoms with E-state index in [1.54, 1.807) is 0 Å². The minimum absolute atomic E-state index is 0.0169. The SMILES string of the molecule is CC1(C)COCCN1C(=O)NCCCN. The number of nitrogens with zero attached hydrogens (tertiary/aromatic N) is 1. The van der Waals surface area contributed by atoms with Crippen LogP contribution < -0.4 is 11.1 Å². The van der Waals surface area contributed by atoms with E-state index in [1.165, 1.54) is 0 Å². The molecule has 0 aromatic heterocycles. The van der Waals surface area contributed by atoms with E-state index in [2.05, 4.69) is 5.32 Å². The molecule has 1 saturated heterocycles. The fraction of sp³-hybridized carbons (Fsp3) is 0.900. The predicted octanol–water partition coefficient (Wildman–Crippen LogP) is 0.156. The van der Waals surface area contributed by atoms with Crippen molar-refractivity contribution in [1.29, 1.82) is 0 Å². The van der Waals surface area contributed by atoms with Crippen molar-refractivity contribution in [3.63, 3.8) is 0 Å². The molecule has 88 valence electrons. The van der Waals surface area contributed by atoms with Gasteiger partial charge in [0.15, 0.2) is 0 Å². The van der Waals surface area contributed by atoms with Crippen molar-refractivity contribution in [2.24, 2.45) is 5.73 Å². The van der Waals surface area contributed by atoms with Gasteiger partial charge in [0.05, 0.1) is 18.8 Å². The summed E-state index contributed by atoms with van der Waals surface area (Å²) in [6, 6.07) is -0.0169. The van der Waals surface area contributed by atoms with Crippen LogP contribution in [0.4, 0.5) is 4.79 Å². The molecule has 5 nitrogen and oxygen atoms in total. The van der Waals surface area contributed by atoms with Crippen LogP contribution >= 0.6 is 0 Å². The number of carbonyl (C=O) groups is 1. The number of amides is 2. The number of rotatable bonds is 3. The zero-order chi connectivity index (χ0) is 11.3. The Bertz CT molecular complexity index is 219. The lowest BCUT2D eigenvalue weighted by Crippen LogP contribution is -2.58. The zero-order valence-corrected chi connectivity index (χ0v) is 9.58. The van der Waals surface area contributed by atoms with Gasteiger partial charge in [-0.3, -0.25) is 0 Å². The summed E-state index contributed by atoms with van der Waals surface area (Å²) in [6.07, 6.45) is 0.816. The van der Waals surface area contributed by atoms with Crippen LogP contribution in [0.25, 0.3) is 0 Å². The molecule has 2 amide bonds. The molecule has 0 bridgehead atoms. The first kappa shape index (κ1) is 12.3. The van der Waals surface area contributed by atoms with Crippen LogP contribution in [0.5, 0.6) is 0 Å². The van der Waals surface area contributed by atoms with E-state index in [4.69, 9.17) is 10.5 Å². The Morgan fingerprint density at radius 1 is 1.60 bits per heavy atom. The lowest BCUT2D eigenvalue weighted by molar-refractivity contribution is -0.0277. The summed E-state index contributed by atoms with van der Waals surface area (Å²) < 4.78 is 5.35. The third-order valence-corrected chi connectivity index (χ3v) is 2.55. The van der Waals surface area contributed by atoms with Crippen LogP contribution in [0.15, 0.2) is 0 Å². The highest BCUT2D eigenvalue weighted by molar-refractivity contribution is 5.75. The molecule has 0 radical (unpaired) electrons. The summed E-state index contributed by atoms with van der Waals surface area (Å²) >= 11 is 0. The summed E-state index contributed by atoms with van der Waals surface area (Å²) in [5, 5.41) is 2.86. The molecule has 0 unspecified atom stereocenters. The van der Waals surface area contributed by atoms with Crippen molar-refractivity contribution in [2.45, 2.75) is 25.8 Å². The highest BCUT2D eigenvalue weighted by Gasteiger charge is 2.33. The van der Waals surface area contributed by atoms with E-state index in [0.29, 0.717) is 32.8 Å². The second-order valence-electron chi connectivity index (χ2n) is 4.39. The van der Waals surface area contributed by atoms with E-state index in [9.17, 15) is 4.79 Å². The van der Waals surface area contributed by atoms with Gasteiger partial charge in [-0.15, -0.1) is 0 Å². The molecule has 5 heteroatoms. The van der Waals surface area contributed by atoms with Crippen LogP contribution in [0.3, 0.4) is 0 Å². The highest BCUT2D eigenvalue weighted by Crippen LogP contribution is 2.18. The van der Waals surface area contributed by atoms with Gasteiger partial charge in [-0.25, -0.2) is 4.79 Å². The third-order valence-electron chi connectivity index (χ3n) is 2.55. The molecular formula is C10H21N3O2. The Balaban J connectivity index is 2.42. The van der Waals surface area contributed by atoms with E-state index >= 15 is 0 Å². The number of hydrogen-bond donors (Lipinski definition) is 2. The molecule has 0 saturated carbocycles. The molecule has 1 aliphatic heterocycles. The van der Waals surface area contributed by atoms with Crippen molar-refractivity contribution in [2.75, 3.05) is 32.8 Å². The lowest BCUT2D eigenvalue weighted by atomic mass is 10.0. The number of nitrogens with one attached hydrogen (secondary N) is 1. The number of urea groups is 1. The van der Waals surface area contributed by atoms with Gasteiger partial charge >= 0.3 is 6.03 Å². The number of ether oxygens (including phenoxy) is 1. The first-order chi connectivity index (χ1) is 7.08. The van der Waals surface area contributed by atoms with Gasteiger partial charge in [-0.1, -0.05) is 0 Å². The molecule has 1 aliphatic rings. The molecule has 0 spiro atoms. The van der Waals surface area contributed by atoms with Crippen molar-refractivity contribution < 1.29 is 9.53 Å². The molecule has 0 aliphatic carbocycles. The minimum atomic E-state index is -0.217. The number of carbonyl (C=O) groups excluding carboxylic acids is 1. The molecular weight excluding hydrogens is 194 g/mol. The van der Waals surface area contributed by atoms with Gasteiger partial charge in [-0.2, -0.15) is 0 Å². The van der Waals surface area contributed by atoms with Crippen molar-refractivity contribution in [3.05, 3.63) is 0 Å². The highest BCUT2D eigenvalue weighted by atomic mass is 16.5. The van der Waals surface area contributed by atoms with E-state index < -0.39 is 0 Å². The molecule has 15 heavy (non-hydrogen) atoms. The van der Waals surface area contributed by atoms with Gasteiger partial charge in [0.25, 0.3) is 0 Å². The summed E-state index contributed by atoms with van der Waals surface area (Å²) in [6.45, 7) is 7.13. The molecule has 0 aromatic carbocycles. The van der Waals surface area contributed by atoms with E-state index in [0.717, 1.165) is 6.42 Å². The fourth-order valence-corrected chi connectivity index (χ4v) is 1.63. The van der Waals surface area contributed by atoms with E-state index in [1.807, 2.05) is 18.7 Å². The van der Waals surface area contributed by atoms with Gasteiger partial charge in [0.1, 0.15) is 0 Å². The average molecular weight is 215 g/mol. The second kappa shape index (κ2) is 5.32. The van der Waals surface area contributed by atoms with Gasteiger partial charge in [0.2, 0.25) is 0 Å². The zero-order valence-electron chi connectivity index (χ0n) is 9.58. The first-order valence-corrected chi connectivity index (χ1v) is 5.41. The largest absolute Gasteiger partial charge is 0.377 e. The Labute approximate surface area is 90.9 Å². The summed E-state index contributed by atoms with van der Waals surface area (Å²) in [5.74, 6) is 0. The molecule has 1 heterocycles. The van der Waals surface area contributed by atoms with Crippen molar-refractivity contribution in [3.8, 4) is 0 Å². The fourth-order valence-electron chi connectivity index (χ4n) is 1.63. The molecule has 0 atom stereocenters. The lowest BCUT2D eigenvalue weighted by Gasteiger charge is -2.41. The molecule has 0 aromatic rings. The van der Waals surface area contributed by atoms with Crippen LogP contribution in [0.1, 0.15) is 20.3 Å². The molecule has 3 N–H and O–H groups in total. The van der Waals surface area contributed by atoms with Gasteiger partial charge < -0.3 is 20.7 Å². The monoisotopic (exact) mass is 215 g/mol. The predicted molar refractivity (Wildman–Crippen MR) is 58.7 cm³/mol. The topological polar surface area (TPSA) is 67.6 Å². The smallest absolute Gasteiger partial charge is 0.318 e. The van der Waals surface area contributed by atoms with Crippen molar-refractivity contribution in [1.82, 2.24) is 10.2 Å². The summed E-state index contributed by atoms with van der Waals surface area (Å²) in [5.41, 5.74) is 5.14. The summed E-state index contributed by atoms with van der Waals surface area (Å²) in [7, 11) is 0. The van der Waals surface area contributed by atoms with Crippen LogP contribution in [0.2, 0.25) is 0 Å². The molecule has 1 rings (SSSR count). The van der Waals surface area contributed by atoms with Crippen LogP contribution in [-0.4, -0.2) is 49.3 Å². The number of morpholine rings is 1. The van der Waals surface area contributed by atoms with Crippen LogP contribution in [-0.2, 0) is 4.74 Å². The van der Waals surface area contributed by atoms with Gasteiger partial charge in [-0.05, 0) is 26.8 Å². The Hall–Kier alpha value is -0.810. The minimum Gasteiger partial charge on any atom is -0.377 e. The standard InChI is InChI=1S/C10H21N3O2/c1-10(2)8-15-7-6-13(10)9(14)12-5-3-4-11/h3-8,11H2,1-2H3,(H,12,14). The van der Waals surface area contributed by atoms with Crippen molar-refractivity contribution >= 4 is 6.03 Å². The molecule has 1 fully saturated rings. The number of hydrogen-bond acceptors (Lipinski definition) is 3. The maximum absolute atomic E-state index is 11.8. The Kier molecular flexibility index (Phi) is 4.35. The van der Waals surface area contributed by atoms with E-state index in [-0.39, 0.29) is 11.6 Å². The average Bonchev–Trinajstić information content (AvgIpc) is 2.17. The Morgan fingerprint density at radius 2 is 2.33 bits per heavy atom. The normalized spacial score (nSPS) is 20.1. The maximum Gasteiger partial charge on any atom is 0.318 e. The number of nitrogens with two attached hydrogens (primary N) is 1.